The molecule has 0 atom stereocenters. The maximum absolute atomic E-state index is 14.1. The van der Waals surface area contributed by atoms with Gasteiger partial charge in [-0.05, 0) is 56.3 Å². The summed E-state index contributed by atoms with van der Waals surface area (Å²) >= 11 is 0. The molecule has 2 aromatic rings. The van der Waals surface area contributed by atoms with E-state index in [1.54, 1.807) is 6.07 Å². The molecule has 0 bridgehead atoms. The van der Waals surface area contributed by atoms with Crippen LogP contribution >= 0.6 is 0 Å². The van der Waals surface area contributed by atoms with Crippen molar-refractivity contribution in [2.75, 3.05) is 30.4 Å². The molecule has 1 aliphatic heterocycles. The number of sulfonamides is 1. The molecule has 1 saturated heterocycles. The third kappa shape index (κ3) is 3.86. The van der Waals surface area contributed by atoms with Crippen LogP contribution in [0.1, 0.15) is 23.2 Å². The van der Waals surface area contributed by atoms with Crippen molar-refractivity contribution < 1.29 is 17.6 Å². The van der Waals surface area contributed by atoms with Crippen LogP contribution in [0.2, 0.25) is 0 Å². The highest BCUT2D eigenvalue weighted by atomic mass is 32.2. The fourth-order valence-electron chi connectivity index (χ4n) is 2.92. The summed E-state index contributed by atoms with van der Waals surface area (Å²) < 4.78 is 39.9. The Balaban J connectivity index is 1.84. The Kier molecular flexibility index (Phi) is 5.24. The summed E-state index contributed by atoms with van der Waals surface area (Å²) in [6.07, 6.45) is 2.27. The summed E-state index contributed by atoms with van der Waals surface area (Å²) in [6.45, 7) is 1.94. The number of hydrogen-bond donors (Lipinski definition) is 2. The van der Waals surface area contributed by atoms with Crippen molar-refractivity contribution in [1.82, 2.24) is 4.72 Å². The maximum atomic E-state index is 14.1. The molecule has 0 unspecified atom stereocenters. The van der Waals surface area contributed by atoms with E-state index in [2.05, 4.69) is 14.9 Å². The highest BCUT2D eigenvalue weighted by molar-refractivity contribution is 7.89. The molecule has 3 rings (SSSR count). The van der Waals surface area contributed by atoms with Gasteiger partial charge in [0.2, 0.25) is 10.0 Å². The van der Waals surface area contributed by atoms with Crippen LogP contribution < -0.4 is 14.9 Å². The van der Waals surface area contributed by atoms with Crippen molar-refractivity contribution in [3.63, 3.8) is 0 Å². The molecule has 8 heteroatoms. The molecule has 1 aliphatic rings. The Morgan fingerprint density at radius 3 is 2.54 bits per heavy atom. The number of benzene rings is 2. The van der Waals surface area contributed by atoms with Crippen LogP contribution in [0, 0.1) is 5.82 Å². The molecule has 0 saturated carbocycles. The largest absolute Gasteiger partial charge is 0.371 e. The van der Waals surface area contributed by atoms with Gasteiger partial charge in [-0.15, -0.1) is 0 Å². The molecule has 1 fully saturated rings. The molecule has 0 aliphatic carbocycles. The Hall–Kier alpha value is -2.45. The molecule has 6 nitrogen and oxygen atoms in total. The third-order valence-electron chi connectivity index (χ3n) is 4.34. The summed E-state index contributed by atoms with van der Waals surface area (Å²) in [5.41, 5.74) is 1.20. The van der Waals surface area contributed by atoms with E-state index in [0.717, 1.165) is 49.8 Å². The fraction of sp³-hybridized carbons (Fsp3) is 0.278. The van der Waals surface area contributed by atoms with Crippen molar-refractivity contribution in [1.29, 1.82) is 0 Å². The lowest BCUT2D eigenvalue weighted by atomic mass is 10.2. The lowest BCUT2D eigenvalue weighted by molar-refractivity contribution is 0.102. The fourth-order valence-corrected chi connectivity index (χ4v) is 3.67. The lowest BCUT2D eigenvalue weighted by Crippen LogP contribution is -2.21. The average molecular weight is 377 g/mol. The Labute approximate surface area is 152 Å². The second-order valence-corrected chi connectivity index (χ2v) is 7.93. The van der Waals surface area contributed by atoms with Crippen molar-refractivity contribution in [2.45, 2.75) is 17.7 Å². The minimum Gasteiger partial charge on any atom is -0.371 e. The highest BCUT2D eigenvalue weighted by Crippen LogP contribution is 2.24. The van der Waals surface area contributed by atoms with Gasteiger partial charge in [-0.1, -0.05) is 6.07 Å². The zero-order valence-corrected chi connectivity index (χ0v) is 15.1. The molecular weight excluding hydrogens is 357 g/mol. The van der Waals surface area contributed by atoms with Crippen LogP contribution in [0.25, 0.3) is 0 Å². The first-order chi connectivity index (χ1) is 12.4. The number of nitrogens with zero attached hydrogens (tertiary/aromatic N) is 1. The summed E-state index contributed by atoms with van der Waals surface area (Å²) in [7, 11) is -2.51. The van der Waals surface area contributed by atoms with Gasteiger partial charge in [0.25, 0.3) is 5.91 Å². The van der Waals surface area contributed by atoms with E-state index in [1.165, 1.54) is 7.05 Å². The van der Waals surface area contributed by atoms with Gasteiger partial charge in [0.05, 0.1) is 10.5 Å². The van der Waals surface area contributed by atoms with Crippen LogP contribution in [-0.4, -0.2) is 34.5 Å². The van der Waals surface area contributed by atoms with Crippen LogP contribution in [0.3, 0.4) is 0 Å². The molecule has 1 amide bonds. The van der Waals surface area contributed by atoms with E-state index in [9.17, 15) is 17.6 Å². The second-order valence-electron chi connectivity index (χ2n) is 6.05. The topological polar surface area (TPSA) is 78.5 Å². The first-order valence-corrected chi connectivity index (χ1v) is 9.78. The molecule has 26 heavy (non-hydrogen) atoms. The number of rotatable bonds is 5. The van der Waals surface area contributed by atoms with Gasteiger partial charge in [-0.2, -0.15) is 0 Å². The molecule has 0 aromatic heterocycles. The predicted molar refractivity (Wildman–Crippen MR) is 98.5 cm³/mol. The number of amides is 1. The zero-order chi connectivity index (χ0) is 18.7. The van der Waals surface area contributed by atoms with Crippen molar-refractivity contribution >= 4 is 27.3 Å². The van der Waals surface area contributed by atoms with Gasteiger partial charge in [-0.25, -0.2) is 17.5 Å². The van der Waals surface area contributed by atoms with Gasteiger partial charge >= 0.3 is 0 Å². The number of hydrogen-bond acceptors (Lipinski definition) is 4. The number of halogens is 1. The summed E-state index contributed by atoms with van der Waals surface area (Å²) in [6, 6.07) is 10.4. The molecule has 2 aromatic carbocycles. The molecule has 138 valence electrons. The van der Waals surface area contributed by atoms with Gasteiger partial charge in [0.15, 0.2) is 0 Å². The van der Waals surface area contributed by atoms with Crippen molar-refractivity contribution in [3.8, 4) is 0 Å². The number of anilines is 2. The monoisotopic (exact) mass is 377 g/mol. The standard InChI is InChI=1S/C18H20FN3O3S/c1-20-26(24,25)15-7-8-17(19)16(12-15)18(23)21-13-5-4-6-14(11-13)22-9-2-3-10-22/h4-8,11-12,20H,2-3,9-10H2,1H3,(H,21,23). The van der Waals surface area contributed by atoms with Crippen LogP contribution in [0.5, 0.6) is 0 Å². The minimum atomic E-state index is -3.76. The Morgan fingerprint density at radius 2 is 1.85 bits per heavy atom. The van der Waals surface area contributed by atoms with Gasteiger partial charge in [0, 0.05) is 24.5 Å². The molecular formula is C18H20FN3O3S. The predicted octanol–water partition coefficient (Wildman–Crippen LogP) is 2.59. The Bertz CT molecular complexity index is 925. The first kappa shape index (κ1) is 18.3. The van der Waals surface area contributed by atoms with E-state index in [-0.39, 0.29) is 10.5 Å². The smallest absolute Gasteiger partial charge is 0.258 e. The number of carbonyl (C=O) groups is 1. The lowest BCUT2D eigenvalue weighted by Gasteiger charge is -2.18. The van der Waals surface area contributed by atoms with Crippen molar-refractivity contribution in [2.24, 2.45) is 0 Å². The third-order valence-corrected chi connectivity index (χ3v) is 5.75. The minimum absolute atomic E-state index is 0.169. The quantitative estimate of drug-likeness (QED) is 0.840. The van der Waals surface area contributed by atoms with Gasteiger partial charge < -0.3 is 10.2 Å². The molecule has 1 heterocycles. The second kappa shape index (κ2) is 7.43. The van der Waals surface area contributed by atoms with Crippen LogP contribution in [0.15, 0.2) is 47.4 Å². The molecule has 0 radical (unpaired) electrons. The number of carbonyl (C=O) groups excluding carboxylic acids is 1. The average Bonchev–Trinajstić information content (AvgIpc) is 3.17. The van der Waals surface area contributed by atoms with E-state index < -0.39 is 21.7 Å². The highest BCUT2D eigenvalue weighted by Gasteiger charge is 2.19. The van der Waals surface area contributed by atoms with E-state index >= 15 is 0 Å². The zero-order valence-electron chi connectivity index (χ0n) is 14.3. The van der Waals surface area contributed by atoms with E-state index in [4.69, 9.17) is 0 Å². The van der Waals surface area contributed by atoms with Gasteiger partial charge in [-0.3, -0.25) is 4.79 Å². The van der Waals surface area contributed by atoms with E-state index in [1.807, 2.05) is 18.2 Å². The SMILES string of the molecule is CNS(=O)(=O)c1ccc(F)c(C(=O)Nc2cccc(N3CCCC3)c2)c1. The van der Waals surface area contributed by atoms with E-state index in [0.29, 0.717) is 5.69 Å². The number of nitrogens with one attached hydrogen (secondary N) is 2. The normalized spacial score (nSPS) is 14.5. The Morgan fingerprint density at radius 1 is 1.12 bits per heavy atom. The molecule has 2 N–H and O–H groups in total. The summed E-state index contributed by atoms with van der Waals surface area (Å²) in [5.74, 6) is -1.48. The van der Waals surface area contributed by atoms with Crippen LogP contribution in [-0.2, 0) is 10.0 Å². The van der Waals surface area contributed by atoms with Crippen LogP contribution in [0.4, 0.5) is 15.8 Å². The first-order valence-electron chi connectivity index (χ1n) is 8.30. The summed E-state index contributed by atoms with van der Waals surface area (Å²) in [5, 5.41) is 2.64. The maximum Gasteiger partial charge on any atom is 0.258 e. The molecule has 0 spiro atoms. The summed E-state index contributed by atoms with van der Waals surface area (Å²) in [4.78, 5) is 14.5. The van der Waals surface area contributed by atoms with Crippen molar-refractivity contribution in [3.05, 3.63) is 53.8 Å². The van der Waals surface area contributed by atoms with Gasteiger partial charge in [0.1, 0.15) is 5.82 Å².